The number of rotatable bonds is 12. The molecule has 3 aliphatic rings. The van der Waals surface area contributed by atoms with Crippen LogP contribution in [-0.4, -0.2) is 193 Å². The first-order chi connectivity index (χ1) is 19.3. The van der Waals surface area contributed by atoms with Crippen molar-refractivity contribution in [1.82, 2.24) is 0 Å². The number of hydrogen-bond acceptors (Lipinski definition) is 18. The molecule has 3 heterocycles. The van der Waals surface area contributed by atoms with Gasteiger partial charge < -0.3 is 89.7 Å². The van der Waals surface area contributed by atoms with Crippen LogP contribution in [0.25, 0.3) is 0 Å². The summed E-state index contributed by atoms with van der Waals surface area (Å²) in [5.41, 5.74) is -1.34. The lowest BCUT2D eigenvalue weighted by Crippen LogP contribution is -2.61. The minimum absolute atomic E-state index is 0.426. The predicted molar refractivity (Wildman–Crippen MR) is 127 cm³/mol. The summed E-state index contributed by atoms with van der Waals surface area (Å²) in [4.78, 5) is 0. The van der Waals surface area contributed by atoms with Gasteiger partial charge in [0.2, 0.25) is 0 Å². The highest BCUT2D eigenvalue weighted by molar-refractivity contribution is 4.92. The van der Waals surface area contributed by atoms with Gasteiger partial charge in [-0.15, -0.1) is 0 Å². The molecule has 0 radical (unpaired) electrons. The fourth-order valence-corrected chi connectivity index (χ4v) is 4.59. The van der Waals surface area contributed by atoms with E-state index in [0.29, 0.717) is 0 Å². The second kappa shape index (κ2) is 14.8. The van der Waals surface area contributed by atoms with E-state index in [-0.39, 0.29) is 0 Å². The summed E-state index contributed by atoms with van der Waals surface area (Å²) in [6.07, 6.45) is -23.8. The molecule has 0 spiro atoms. The van der Waals surface area contributed by atoms with Crippen molar-refractivity contribution in [2.45, 2.75) is 99.0 Å². The SMILES string of the molecule is CC(CO[C@H]1OC(CO)[C@@H](O)[C@H](O)C1O)(CO[C@H]1OC(CO)[C@@H](O)C(O)[C@H]1O)CO[C@H]1OC(CO)[C@@H](O)C(O)[C@H]1O. The standard InChI is InChI=1S/C23H42O18/c1-23(5-36-20-17(33)14(30)11(27)8(2-24)39-20,6-37-21-18(34)15(31)12(28)9(3-25)40-21)7-38-22-19(35)16(32)13(29)10(4-26)41-22/h8-22,24-35H,2-7H2,1H3/t8?,9?,10?,11-,12-,13-,14+,15?,16?,17?,18-,19-,20+,21+,22+,23?/m1/s1. The lowest BCUT2D eigenvalue weighted by Gasteiger charge is -2.43. The van der Waals surface area contributed by atoms with E-state index >= 15 is 0 Å². The van der Waals surface area contributed by atoms with E-state index in [4.69, 9.17) is 28.4 Å². The third-order valence-electron chi connectivity index (χ3n) is 7.33. The number of ether oxygens (including phenoxy) is 6. The van der Waals surface area contributed by atoms with E-state index in [1.54, 1.807) is 0 Å². The second-order valence-corrected chi connectivity index (χ2v) is 10.8. The second-order valence-electron chi connectivity index (χ2n) is 10.8. The Morgan fingerprint density at radius 2 is 0.683 bits per heavy atom. The molecule has 41 heavy (non-hydrogen) atoms. The van der Waals surface area contributed by atoms with Crippen molar-refractivity contribution in [2.75, 3.05) is 39.6 Å². The van der Waals surface area contributed by atoms with Gasteiger partial charge in [-0.1, -0.05) is 6.92 Å². The highest BCUT2D eigenvalue weighted by atomic mass is 16.7. The van der Waals surface area contributed by atoms with Crippen LogP contribution in [0.1, 0.15) is 6.92 Å². The van der Waals surface area contributed by atoms with Crippen molar-refractivity contribution in [1.29, 1.82) is 0 Å². The van der Waals surface area contributed by atoms with Gasteiger partial charge in [0.1, 0.15) is 73.2 Å². The Morgan fingerprint density at radius 3 is 0.902 bits per heavy atom. The Balaban J connectivity index is 1.73. The fraction of sp³-hybridized carbons (Fsp3) is 1.00. The van der Waals surface area contributed by atoms with Gasteiger partial charge in [-0.3, -0.25) is 0 Å². The minimum Gasteiger partial charge on any atom is -0.394 e. The molecular formula is C23H42O18. The lowest BCUT2D eigenvalue weighted by atomic mass is 9.93. The van der Waals surface area contributed by atoms with Crippen LogP contribution in [0.3, 0.4) is 0 Å². The molecule has 15 atom stereocenters. The van der Waals surface area contributed by atoms with Crippen molar-refractivity contribution in [2.24, 2.45) is 5.41 Å². The molecule has 18 heteroatoms. The molecule has 0 aromatic heterocycles. The van der Waals surface area contributed by atoms with E-state index in [2.05, 4.69) is 0 Å². The minimum atomic E-state index is -1.74. The molecule has 0 aromatic carbocycles. The van der Waals surface area contributed by atoms with Gasteiger partial charge >= 0.3 is 0 Å². The van der Waals surface area contributed by atoms with Crippen LogP contribution in [0, 0.1) is 5.41 Å². The van der Waals surface area contributed by atoms with Crippen LogP contribution in [0.15, 0.2) is 0 Å². The predicted octanol–water partition coefficient (Wildman–Crippen LogP) is -7.56. The molecule has 6 unspecified atom stereocenters. The molecule has 0 aromatic rings. The van der Waals surface area contributed by atoms with Gasteiger partial charge in [-0.2, -0.15) is 0 Å². The summed E-state index contributed by atoms with van der Waals surface area (Å²) in [7, 11) is 0. The molecule has 3 fully saturated rings. The summed E-state index contributed by atoms with van der Waals surface area (Å²) in [6.45, 7) is -1.90. The van der Waals surface area contributed by atoms with Gasteiger partial charge in [-0.25, -0.2) is 0 Å². The van der Waals surface area contributed by atoms with E-state index in [9.17, 15) is 61.3 Å². The van der Waals surface area contributed by atoms with Crippen LogP contribution in [0.2, 0.25) is 0 Å². The lowest BCUT2D eigenvalue weighted by molar-refractivity contribution is -0.329. The van der Waals surface area contributed by atoms with Gasteiger partial charge in [-0.05, 0) is 0 Å². The molecule has 0 saturated carbocycles. The molecule has 12 N–H and O–H groups in total. The molecule has 3 saturated heterocycles. The average molecular weight is 607 g/mol. The summed E-state index contributed by atoms with van der Waals surface area (Å²) in [5.74, 6) is 0. The Kier molecular flexibility index (Phi) is 12.6. The Bertz CT molecular complexity index is 688. The molecule has 3 aliphatic heterocycles. The number of aliphatic hydroxyl groups is 12. The van der Waals surface area contributed by atoms with Crippen LogP contribution in [-0.2, 0) is 28.4 Å². The van der Waals surface area contributed by atoms with Crippen molar-refractivity contribution in [3.05, 3.63) is 0 Å². The third kappa shape index (κ3) is 7.87. The van der Waals surface area contributed by atoms with Crippen molar-refractivity contribution >= 4 is 0 Å². The first-order valence-electron chi connectivity index (χ1n) is 13.0. The highest BCUT2D eigenvalue weighted by Crippen LogP contribution is 2.30. The molecule has 3 rings (SSSR count). The maximum absolute atomic E-state index is 10.3. The Morgan fingerprint density at radius 1 is 0.439 bits per heavy atom. The summed E-state index contributed by atoms with van der Waals surface area (Å²) in [5, 5.41) is 119. The van der Waals surface area contributed by atoms with Crippen molar-refractivity contribution in [3.8, 4) is 0 Å². The maximum Gasteiger partial charge on any atom is 0.186 e. The topological polar surface area (TPSA) is 298 Å². The highest BCUT2D eigenvalue weighted by Gasteiger charge is 2.48. The van der Waals surface area contributed by atoms with E-state index < -0.39 is 137 Å². The zero-order chi connectivity index (χ0) is 30.6. The smallest absolute Gasteiger partial charge is 0.186 e. The largest absolute Gasteiger partial charge is 0.394 e. The molecule has 242 valence electrons. The Hall–Kier alpha value is -0.720. The third-order valence-corrected chi connectivity index (χ3v) is 7.33. The summed E-state index contributed by atoms with van der Waals surface area (Å²) in [6, 6.07) is 0. The average Bonchev–Trinajstić information content (AvgIpc) is 2.96. The van der Waals surface area contributed by atoms with Gasteiger partial charge in [0.05, 0.1) is 39.6 Å². The normalized spacial score (nSPS) is 47.2. The maximum atomic E-state index is 10.3. The van der Waals surface area contributed by atoms with E-state index in [1.165, 1.54) is 6.92 Å². The quantitative estimate of drug-likeness (QED) is 0.0981. The number of aliphatic hydroxyl groups excluding tert-OH is 12. The van der Waals surface area contributed by atoms with Gasteiger partial charge in [0.25, 0.3) is 0 Å². The molecule has 0 aliphatic carbocycles. The van der Waals surface area contributed by atoms with Crippen LogP contribution < -0.4 is 0 Å². The van der Waals surface area contributed by atoms with Crippen molar-refractivity contribution in [3.63, 3.8) is 0 Å². The van der Waals surface area contributed by atoms with Crippen LogP contribution >= 0.6 is 0 Å². The molecular weight excluding hydrogens is 564 g/mol. The summed E-state index contributed by atoms with van der Waals surface area (Å²) < 4.78 is 32.9. The molecule has 0 bridgehead atoms. The van der Waals surface area contributed by atoms with E-state index in [0.717, 1.165) is 0 Å². The first kappa shape index (κ1) is 34.8. The zero-order valence-corrected chi connectivity index (χ0v) is 22.2. The molecule has 0 amide bonds. The van der Waals surface area contributed by atoms with Crippen LogP contribution in [0.4, 0.5) is 0 Å². The zero-order valence-electron chi connectivity index (χ0n) is 22.2. The Labute approximate surface area is 234 Å². The number of hydrogen-bond donors (Lipinski definition) is 12. The molecule has 18 nitrogen and oxygen atoms in total. The monoisotopic (exact) mass is 606 g/mol. The van der Waals surface area contributed by atoms with Crippen molar-refractivity contribution < 1.29 is 89.7 Å². The van der Waals surface area contributed by atoms with E-state index in [1.807, 2.05) is 0 Å². The summed E-state index contributed by atoms with van der Waals surface area (Å²) >= 11 is 0. The van der Waals surface area contributed by atoms with Crippen LogP contribution in [0.5, 0.6) is 0 Å². The first-order valence-corrected chi connectivity index (χ1v) is 13.0. The van der Waals surface area contributed by atoms with Gasteiger partial charge in [0.15, 0.2) is 18.9 Å². The fourth-order valence-electron chi connectivity index (χ4n) is 4.59. The van der Waals surface area contributed by atoms with Gasteiger partial charge in [0, 0.05) is 5.41 Å².